The van der Waals surface area contributed by atoms with E-state index in [1.807, 2.05) is 40.8 Å². The van der Waals surface area contributed by atoms with E-state index in [-0.39, 0.29) is 17.2 Å². The second-order valence-corrected chi connectivity index (χ2v) is 8.78. The van der Waals surface area contributed by atoms with Crippen molar-refractivity contribution in [2.75, 3.05) is 24.2 Å². The van der Waals surface area contributed by atoms with Gasteiger partial charge in [-0.25, -0.2) is 0 Å². The van der Waals surface area contributed by atoms with E-state index in [9.17, 15) is 9.59 Å². The van der Waals surface area contributed by atoms with Crippen LogP contribution in [0.15, 0.2) is 71.1 Å². The molecular weight excluding hydrogens is 448 g/mol. The Labute approximate surface area is 202 Å². The third-order valence-electron chi connectivity index (χ3n) is 5.63. The van der Waals surface area contributed by atoms with Gasteiger partial charge < -0.3 is 5.32 Å². The Kier molecular flexibility index (Phi) is 7.44. The zero-order valence-corrected chi connectivity index (χ0v) is 20.2. The zero-order valence-electron chi connectivity index (χ0n) is 19.4. The van der Waals surface area contributed by atoms with E-state index in [1.165, 1.54) is 16.3 Å². The van der Waals surface area contributed by atoms with Gasteiger partial charge in [-0.05, 0) is 42.9 Å². The van der Waals surface area contributed by atoms with Gasteiger partial charge in [0.1, 0.15) is 0 Å². The molecule has 0 unspecified atom stereocenters. The topological polar surface area (TPSA) is 84.5 Å². The van der Waals surface area contributed by atoms with Crippen molar-refractivity contribution < 1.29 is 4.79 Å². The Morgan fingerprint density at radius 3 is 2.71 bits per heavy atom. The summed E-state index contributed by atoms with van der Waals surface area (Å²) in [6.45, 7) is 11.1. The van der Waals surface area contributed by atoms with Gasteiger partial charge in [0.15, 0.2) is 5.16 Å². The Morgan fingerprint density at radius 1 is 1.15 bits per heavy atom. The number of carbonyl (C=O) groups is 1. The molecule has 0 aliphatic carbocycles. The lowest BCUT2D eigenvalue weighted by Crippen LogP contribution is -2.23. The maximum Gasteiger partial charge on any atom is 0.263 e. The molecule has 1 N–H and O–H groups in total. The zero-order chi connectivity index (χ0) is 24.1. The van der Waals surface area contributed by atoms with Crippen molar-refractivity contribution >= 4 is 40.0 Å². The fourth-order valence-corrected chi connectivity index (χ4v) is 4.64. The first-order chi connectivity index (χ1) is 16.5. The summed E-state index contributed by atoms with van der Waals surface area (Å²) >= 11 is 1.28. The average molecular weight is 477 g/mol. The van der Waals surface area contributed by atoms with Gasteiger partial charge in [-0.3, -0.25) is 23.5 Å². The summed E-state index contributed by atoms with van der Waals surface area (Å²) in [6, 6.07) is 15.3. The molecule has 4 rings (SSSR count). The van der Waals surface area contributed by atoms with Crippen molar-refractivity contribution in [2.24, 2.45) is 0 Å². The minimum atomic E-state index is -0.144. The Morgan fingerprint density at radius 2 is 1.94 bits per heavy atom. The van der Waals surface area contributed by atoms with E-state index in [0.29, 0.717) is 28.4 Å². The molecule has 0 bridgehead atoms. The number of carbonyl (C=O) groups excluding carboxylic acids is 1. The summed E-state index contributed by atoms with van der Waals surface area (Å²) in [5.41, 5.74) is 2.49. The highest BCUT2D eigenvalue weighted by Crippen LogP contribution is 2.22. The average Bonchev–Trinajstić information content (AvgIpc) is 3.28. The van der Waals surface area contributed by atoms with Gasteiger partial charge >= 0.3 is 0 Å². The fraction of sp³-hybridized carbons (Fsp3) is 0.280. The van der Waals surface area contributed by atoms with Gasteiger partial charge in [0.25, 0.3) is 5.56 Å². The minimum Gasteiger partial charge on any atom is -0.325 e. The number of para-hydroxylation sites is 1. The van der Waals surface area contributed by atoms with Crippen molar-refractivity contribution in [3.05, 3.63) is 77.1 Å². The van der Waals surface area contributed by atoms with E-state index in [1.54, 1.807) is 12.1 Å². The number of rotatable bonds is 10. The fourth-order valence-electron chi connectivity index (χ4n) is 3.90. The number of hydrogen-bond donors (Lipinski definition) is 1. The normalized spacial score (nSPS) is 11.4. The van der Waals surface area contributed by atoms with Crippen molar-refractivity contribution in [3.8, 4) is 0 Å². The summed E-state index contributed by atoms with van der Waals surface area (Å²) in [5, 5.41) is 12.6. The molecule has 8 nitrogen and oxygen atoms in total. The van der Waals surface area contributed by atoms with E-state index in [0.717, 1.165) is 30.9 Å². The standard InChI is InChI=1S/C25H28N6O2S/c1-4-14-30-23(33)20-12-7-8-13-21(20)31-24(30)27-28-25(31)34-17-22(32)26-19-11-9-10-18(15-19)16-29(5-2)6-3/h4,7-13,15H,1,5-6,14,16-17H2,2-3H3,(H,26,32). The summed E-state index contributed by atoms with van der Waals surface area (Å²) in [7, 11) is 0. The molecule has 2 aromatic carbocycles. The van der Waals surface area contributed by atoms with Crippen molar-refractivity contribution in [1.29, 1.82) is 0 Å². The van der Waals surface area contributed by atoms with Crippen LogP contribution in [0.4, 0.5) is 5.69 Å². The first-order valence-corrected chi connectivity index (χ1v) is 12.3. The summed E-state index contributed by atoms with van der Waals surface area (Å²) < 4.78 is 3.36. The molecule has 0 saturated carbocycles. The van der Waals surface area contributed by atoms with Gasteiger partial charge in [-0.15, -0.1) is 16.8 Å². The Balaban J connectivity index is 1.54. The maximum atomic E-state index is 12.9. The third-order valence-corrected chi connectivity index (χ3v) is 6.56. The molecular formula is C25H28N6O2S. The quantitative estimate of drug-likeness (QED) is 0.277. The molecule has 0 fully saturated rings. The Bertz CT molecular complexity index is 1390. The number of benzene rings is 2. The lowest BCUT2D eigenvalue weighted by atomic mass is 10.2. The van der Waals surface area contributed by atoms with Gasteiger partial charge in [-0.1, -0.05) is 56.0 Å². The van der Waals surface area contributed by atoms with E-state index in [4.69, 9.17) is 0 Å². The van der Waals surface area contributed by atoms with E-state index in [2.05, 4.69) is 46.9 Å². The maximum absolute atomic E-state index is 12.9. The second-order valence-electron chi connectivity index (χ2n) is 7.84. The highest BCUT2D eigenvalue weighted by molar-refractivity contribution is 7.99. The van der Waals surface area contributed by atoms with Crippen LogP contribution in [0.5, 0.6) is 0 Å². The number of fused-ring (bicyclic) bond motifs is 3. The predicted molar refractivity (Wildman–Crippen MR) is 137 cm³/mol. The van der Waals surface area contributed by atoms with Gasteiger partial charge in [-0.2, -0.15) is 0 Å². The lowest BCUT2D eigenvalue weighted by molar-refractivity contribution is -0.113. The molecule has 0 aliphatic rings. The number of allylic oxidation sites excluding steroid dienone is 1. The van der Waals surface area contributed by atoms with Crippen LogP contribution in [0.2, 0.25) is 0 Å². The molecule has 0 radical (unpaired) electrons. The van der Waals surface area contributed by atoms with Gasteiger partial charge in [0.05, 0.1) is 16.7 Å². The molecule has 176 valence electrons. The third kappa shape index (κ3) is 4.90. The lowest BCUT2D eigenvalue weighted by Gasteiger charge is -2.18. The molecule has 0 aliphatic heterocycles. The van der Waals surface area contributed by atoms with Crippen molar-refractivity contribution in [1.82, 2.24) is 24.1 Å². The highest BCUT2D eigenvalue weighted by atomic mass is 32.2. The molecule has 0 spiro atoms. The van der Waals surface area contributed by atoms with Crippen LogP contribution < -0.4 is 10.9 Å². The van der Waals surface area contributed by atoms with Crippen LogP contribution in [0.25, 0.3) is 16.7 Å². The molecule has 9 heteroatoms. The van der Waals surface area contributed by atoms with Crippen molar-refractivity contribution in [3.63, 3.8) is 0 Å². The Hall–Kier alpha value is -3.43. The largest absolute Gasteiger partial charge is 0.325 e. The number of hydrogen-bond acceptors (Lipinski definition) is 6. The molecule has 34 heavy (non-hydrogen) atoms. The number of aromatic nitrogens is 4. The first-order valence-electron chi connectivity index (χ1n) is 11.3. The highest BCUT2D eigenvalue weighted by Gasteiger charge is 2.17. The second kappa shape index (κ2) is 10.7. The first kappa shape index (κ1) is 23.7. The van der Waals surface area contributed by atoms with Crippen molar-refractivity contribution in [2.45, 2.75) is 32.1 Å². The van der Waals surface area contributed by atoms with Gasteiger partial charge in [0, 0.05) is 18.8 Å². The van der Waals surface area contributed by atoms with Gasteiger partial charge in [0.2, 0.25) is 11.7 Å². The number of thioether (sulfide) groups is 1. The van der Waals surface area contributed by atoms with Crippen LogP contribution in [-0.4, -0.2) is 48.8 Å². The van der Waals surface area contributed by atoms with Crippen LogP contribution in [0.1, 0.15) is 19.4 Å². The summed E-state index contributed by atoms with van der Waals surface area (Å²) in [5.74, 6) is 0.455. The summed E-state index contributed by atoms with van der Waals surface area (Å²) in [4.78, 5) is 27.9. The molecule has 1 amide bonds. The molecule has 0 saturated heterocycles. The molecule has 4 aromatic rings. The summed E-state index contributed by atoms with van der Waals surface area (Å²) in [6.07, 6.45) is 1.65. The predicted octanol–water partition coefficient (Wildman–Crippen LogP) is 3.80. The number of amides is 1. The molecule has 2 aromatic heterocycles. The monoisotopic (exact) mass is 476 g/mol. The number of anilines is 1. The number of nitrogens with zero attached hydrogens (tertiary/aromatic N) is 5. The van der Waals surface area contributed by atoms with Crippen LogP contribution >= 0.6 is 11.8 Å². The van der Waals surface area contributed by atoms with E-state index >= 15 is 0 Å². The smallest absolute Gasteiger partial charge is 0.263 e. The van der Waals surface area contributed by atoms with Crippen LogP contribution in [-0.2, 0) is 17.9 Å². The van der Waals surface area contributed by atoms with Crippen LogP contribution in [0.3, 0.4) is 0 Å². The molecule has 2 heterocycles. The van der Waals surface area contributed by atoms with E-state index < -0.39 is 0 Å². The number of nitrogens with one attached hydrogen (secondary N) is 1. The SMILES string of the molecule is C=CCn1c(=O)c2ccccc2n2c(SCC(=O)Nc3cccc(CN(CC)CC)c3)nnc12. The minimum absolute atomic E-state index is 0.134. The molecule has 0 atom stereocenters. The van der Waals surface area contributed by atoms with Crippen LogP contribution in [0, 0.1) is 0 Å².